The summed E-state index contributed by atoms with van der Waals surface area (Å²) in [5.74, 6) is 0.0272. The lowest BCUT2D eigenvalue weighted by atomic mass is 10.0. The Morgan fingerprint density at radius 1 is 0.794 bits per heavy atom. The van der Waals surface area contributed by atoms with Crippen molar-refractivity contribution in [2.45, 2.75) is 6.92 Å². The van der Waals surface area contributed by atoms with Gasteiger partial charge < -0.3 is 20.1 Å². The van der Waals surface area contributed by atoms with Crippen molar-refractivity contribution in [2.75, 3.05) is 29.8 Å². The summed E-state index contributed by atoms with van der Waals surface area (Å²) >= 11 is 0. The molecule has 0 unspecified atom stereocenters. The van der Waals surface area contributed by atoms with Crippen molar-refractivity contribution >= 4 is 40.4 Å². The Labute approximate surface area is 196 Å². The highest BCUT2D eigenvalue weighted by Crippen LogP contribution is 2.35. The molecule has 8 heteroatoms. The predicted molar refractivity (Wildman–Crippen MR) is 130 cm³/mol. The van der Waals surface area contributed by atoms with Crippen LogP contribution in [-0.4, -0.2) is 31.9 Å². The molecule has 4 rings (SSSR count). The van der Waals surface area contributed by atoms with Crippen molar-refractivity contribution < 1.29 is 23.9 Å². The quantitative estimate of drug-likeness (QED) is 0.520. The molecule has 3 aromatic rings. The van der Waals surface area contributed by atoms with E-state index >= 15 is 0 Å². The lowest BCUT2D eigenvalue weighted by molar-refractivity contribution is -0.120. The van der Waals surface area contributed by atoms with Crippen LogP contribution in [0.15, 0.2) is 78.5 Å². The van der Waals surface area contributed by atoms with Crippen molar-refractivity contribution in [3.8, 4) is 11.5 Å². The Hall–Kier alpha value is -4.59. The molecule has 1 heterocycles. The summed E-state index contributed by atoms with van der Waals surface area (Å²) < 4.78 is 10.5. The molecule has 0 aliphatic carbocycles. The average Bonchev–Trinajstić information content (AvgIpc) is 3.09. The molecule has 34 heavy (non-hydrogen) atoms. The number of nitrogens with zero attached hydrogens (tertiary/aromatic N) is 1. The molecule has 3 aromatic carbocycles. The van der Waals surface area contributed by atoms with Crippen molar-refractivity contribution in [3.63, 3.8) is 0 Å². The third kappa shape index (κ3) is 4.47. The number of amides is 3. The number of rotatable bonds is 7. The van der Waals surface area contributed by atoms with Gasteiger partial charge in [-0.1, -0.05) is 18.2 Å². The highest BCUT2D eigenvalue weighted by molar-refractivity contribution is 6.46. The Balaban J connectivity index is 1.75. The van der Waals surface area contributed by atoms with E-state index in [0.717, 1.165) is 4.90 Å². The number of imide groups is 1. The van der Waals surface area contributed by atoms with Crippen LogP contribution in [-0.2, 0) is 14.4 Å². The van der Waals surface area contributed by atoms with Crippen molar-refractivity contribution in [3.05, 3.63) is 84.1 Å². The van der Waals surface area contributed by atoms with E-state index < -0.39 is 11.8 Å². The van der Waals surface area contributed by atoms with Gasteiger partial charge in [0.05, 0.1) is 25.5 Å². The van der Waals surface area contributed by atoms with Crippen molar-refractivity contribution in [2.24, 2.45) is 0 Å². The normalized spacial score (nSPS) is 13.2. The summed E-state index contributed by atoms with van der Waals surface area (Å²) in [6, 6.07) is 20.5. The molecule has 2 N–H and O–H groups in total. The smallest absolute Gasteiger partial charge is 0.282 e. The number of anilines is 3. The van der Waals surface area contributed by atoms with Crippen LogP contribution in [0, 0.1) is 0 Å². The number of ether oxygens (including phenoxy) is 2. The second-order valence-corrected chi connectivity index (χ2v) is 7.51. The topological polar surface area (TPSA) is 97.0 Å². The van der Waals surface area contributed by atoms with Gasteiger partial charge in [-0.3, -0.25) is 14.4 Å². The molecular weight excluding hydrogens is 434 g/mol. The van der Waals surface area contributed by atoms with Gasteiger partial charge >= 0.3 is 0 Å². The molecule has 3 amide bonds. The zero-order valence-corrected chi connectivity index (χ0v) is 18.9. The molecule has 0 atom stereocenters. The molecule has 0 aromatic heterocycles. The second-order valence-electron chi connectivity index (χ2n) is 7.51. The van der Waals surface area contributed by atoms with E-state index in [0.29, 0.717) is 34.1 Å². The zero-order valence-electron chi connectivity index (χ0n) is 18.9. The fourth-order valence-corrected chi connectivity index (χ4v) is 3.64. The SMILES string of the molecule is COc1ccc(C2=C(Nc3ccc(NC(C)=O)cc3)C(=O)N(c3cccc(OC)c3)C2=O)cc1. The molecule has 0 bridgehead atoms. The summed E-state index contributed by atoms with van der Waals surface area (Å²) in [5, 5.41) is 5.79. The van der Waals surface area contributed by atoms with E-state index in [1.54, 1.807) is 79.9 Å². The molecular formula is C26H23N3O5. The number of benzene rings is 3. The first-order valence-electron chi connectivity index (χ1n) is 10.5. The van der Waals surface area contributed by atoms with Gasteiger partial charge in [-0.15, -0.1) is 0 Å². The molecule has 0 saturated heterocycles. The Kier molecular flexibility index (Phi) is 6.31. The van der Waals surface area contributed by atoms with E-state index in [2.05, 4.69) is 10.6 Å². The Bertz CT molecular complexity index is 1280. The summed E-state index contributed by atoms with van der Waals surface area (Å²) in [7, 11) is 3.08. The largest absolute Gasteiger partial charge is 0.497 e. The van der Waals surface area contributed by atoms with E-state index in [1.807, 2.05) is 0 Å². The molecule has 0 fully saturated rings. The molecule has 0 radical (unpaired) electrons. The van der Waals surface area contributed by atoms with Crippen LogP contribution in [0.2, 0.25) is 0 Å². The van der Waals surface area contributed by atoms with E-state index in [4.69, 9.17) is 9.47 Å². The number of hydrogen-bond acceptors (Lipinski definition) is 6. The minimum Gasteiger partial charge on any atom is -0.497 e. The highest BCUT2D eigenvalue weighted by Gasteiger charge is 2.40. The molecule has 1 aliphatic heterocycles. The molecule has 0 spiro atoms. The first-order valence-corrected chi connectivity index (χ1v) is 10.5. The Morgan fingerprint density at radius 2 is 1.44 bits per heavy atom. The van der Waals surface area contributed by atoms with Crippen LogP contribution in [0.25, 0.3) is 5.57 Å². The Morgan fingerprint density at radius 3 is 2.06 bits per heavy atom. The van der Waals surface area contributed by atoms with Gasteiger partial charge in [0, 0.05) is 24.4 Å². The van der Waals surface area contributed by atoms with E-state index in [-0.39, 0.29) is 17.2 Å². The minimum atomic E-state index is -0.491. The van der Waals surface area contributed by atoms with Crippen LogP contribution in [0.5, 0.6) is 11.5 Å². The molecule has 172 valence electrons. The van der Waals surface area contributed by atoms with Crippen LogP contribution in [0.1, 0.15) is 12.5 Å². The number of nitrogens with one attached hydrogen (secondary N) is 2. The van der Waals surface area contributed by atoms with Gasteiger partial charge in [-0.05, 0) is 54.1 Å². The molecule has 0 saturated carbocycles. The second kappa shape index (κ2) is 9.50. The fourth-order valence-electron chi connectivity index (χ4n) is 3.64. The van der Waals surface area contributed by atoms with Crippen molar-refractivity contribution in [1.29, 1.82) is 0 Å². The third-order valence-corrected chi connectivity index (χ3v) is 5.25. The van der Waals surface area contributed by atoms with Crippen LogP contribution >= 0.6 is 0 Å². The first kappa shape index (κ1) is 22.6. The number of carbonyl (C=O) groups excluding carboxylic acids is 3. The zero-order chi connectivity index (χ0) is 24.2. The fraction of sp³-hybridized carbons (Fsp3) is 0.115. The standard InChI is InChI=1S/C26H23N3O5/c1-16(30)27-18-9-11-19(12-10-18)28-24-23(17-7-13-21(33-2)14-8-17)25(31)29(26(24)32)20-5-4-6-22(15-20)34-3/h4-15,28H,1-3H3,(H,27,30). The van der Waals surface area contributed by atoms with E-state index in [1.165, 1.54) is 14.0 Å². The van der Waals surface area contributed by atoms with Crippen LogP contribution < -0.4 is 25.0 Å². The number of carbonyl (C=O) groups is 3. The maximum Gasteiger partial charge on any atom is 0.282 e. The third-order valence-electron chi connectivity index (χ3n) is 5.25. The monoisotopic (exact) mass is 457 g/mol. The summed E-state index contributed by atoms with van der Waals surface area (Å²) in [4.78, 5) is 39.4. The van der Waals surface area contributed by atoms with Gasteiger partial charge in [0.25, 0.3) is 11.8 Å². The molecule has 8 nitrogen and oxygen atoms in total. The molecule has 1 aliphatic rings. The lowest BCUT2D eigenvalue weighted by Gasteiger charge is -2.16. The minimum absolute atomic E-state index is 0.144. The first-order chi connectivity index (χ1) is 16.4. The maximum absolute atomic E-state index is 13.5. The lowest BCUT2D eigenvalue weighted by Crippen LogP contribution is -2.32. The summed E-state index contributed by atoms with van der Waals surface area (Å²) in [6.07, 6.45) is 0. The van der Waals surface area contributed by atoms with Gasteiger partial charge in [0.15, 0.2) is 0 Å². The van der Waals surface area contributed by atoms with Crippen LogP contribution in [0.4, 0.5) is 17.1 Å². The maximum atomic E-state index is 13.5. The van der Waals surface area contributed by atoms with Gasteiger partial charge in [-0.25, -0.2) is 4.90 Å². The highest BCUT2D eigenvalue weighted by atomic mass is 16.5. The summed E-state index contributed by atoms with van der Waals surface area (Å²) in [6.45, 7) is 1.42. The summed E-state index contributed by atoms with van der Waals surface area (Å²) in [5.41, 5.74) is 2.56. The van der Waals surface area contributed by atoms with Crippen molar-refractivity contribution in [1.82, 2.24) is 0 Å². The average molecular weight is 457 g/mol. The number of hydrogen-bond donors (Lipinski definition) is 2. The van der Waals surface area contributed by atoms with Gasteiger partial charge in [0.1, 0.15) is 17.2 Å². The van der Waals surface area contributed by atoms with Crippen LogP contribution in [0.3, 0.4) is 0 Å². The predicted octanol–water partition coefficient (Wildman–Crippen LogP) is 4.06. The van der Waals surface area contributed by atoms with Gasteiger partial charge in [-0.2, -0.15) is 0 Å². The number of methoxy groups -OCH3 is 2. The van der Waals surface area contributed by atoms with E-state index in [9.17, 15) is 14.4 Å². The van der Waals surface area contributed by atoms with Gasteiger partial charge in [0.2, 0.25) is 5.91 Å².